The number of fused-ring (bicyclic) bond motifs is 1. The number of aromatic nitrogens is 1. The summed E-state index contributed by atoms with van der Waals surface area (Å²) in [7, 11) is -3.70. The Kier molecular flexibility index (Phi) is 7.79. The number of carbonyl (C=O) groups is 1. The lowest BCUT2D eigenvalue weighted by Crippen LogP contribution is -2.42. The third-order valence-electron chi connectivity index (χ3n) is 5.51. The number of nitrogens with one attached hydrogen (secondary N) is 1. The number of amides is 1. The molecule has 1 saturated heterocycles. The zero-order valence-electron chi connectivity index (χ0n) is 19.2. The molecule has 1 aliphatic heterocycles. The minimum atomic E-state index is -3.70. The molecule has 1 aromatic carbocycles. The highest BCUT2D eigenvalue weighted by atomic mass is 32.2. The van der Waals surface area contributed by atoms with Gasteiger partial charge in [0.1, 0.15) is 6.54 Å². The largest absolute Gasteiger partial charge is 0.420 e. The molecule has 178 valence electrons. The Balaban J connectivity index is 1.72. The van der Waals surface area contributed by atoms with E-state index in [1.165, 1.54) is 27.1 Å². The van der Waals surface area contributed by atoms with Gasteiger partial charge in [-0.25, -0.2) is 13.2 Å². The standard InChI is InChI=1S/C22H33N3O6S/c1-15(2)30-9-5-8-23-21(26)14-25-19-7-6-18(11-20(19)31-22(25)27)32(28,29)24-12-16(3)10-17(4)13-24/h6-7,11,15-17H,5,8-10,12-14H2,1-4H3,(H,23,26)/t16-,17-/m0/s1. The van der Waals surface area contributed by atoms with Crippen molar-refractivity contribution in [1.82, 2.24) is 14.2 Å². The minimum Gasteiger partial charge on any atom is -0.408 e. The van der Waals surface area contributed by atoms with Crippen LogP contribution in [0.3, 0.4) is 0 Å². The van der Waals surface area contributed by atoms with E-state index < -0.39 is 15.8 Å². The van der Waals surface area contributed by atoms with Gasteiger partial charge in [0.25, 0.3) is 0 Å². The number of hydrogen-bond acceptors (Lipinski definition) is 6. The molecule has 10 heteroatoms. The fourth-order valence-electron chi connectivity index (χ4n) is 4.13. The van der Waals surface area contributed by atoms with Crippen molar-refractivity contribution >= 4 is 27.0 Å². The van der Waals surface area contributed by atoms with Gasteiger partial charge in [-0.2, -0.15) is 4.31 Å². The number of carbonyl (C=O) groups excluding carboxylic acids is 1. The Morgan fingerprint density at radius 1 is 1.25 bits per heavy atom. The molecule has 1 aliphatic rings. The fraction of sp³-hybridized carbons (Fsp3) is 0.636. The third-order valence-corrected chi connectivity index (χ3v) is 7.34. The number of piperidine rings is 1. The second kappa shape index (κ2) is 10.2. The van der Waals surface area contributed by atoms with Crippen molar-refractivity contribution in [2.45, 2.75) is 58.1 Å². The van der Waals surface area contributed by atoms with Gasteiger partial charge in [0.15, 0.2) is 5.58 Å². The Morgan fingerprint density at radius 2 is 1.94 bits per heavy atom. The average Bonchev–Trinajstić information content (AvgIpc) is 3.01. The molecule has 1 N–H and O–H groups in total. The molecule has 32 heavy (non-hydrogen) atoms. The van der Waals surface area contributed by atoms with Crippen molar-refractivity contribution in [3.05, 3.63) is 28.7 Å². The van der Waals surface area contributed by atoms with Gasteiger partial charge in [-0.1, -0.05) is 13.8 Å². The van der Waals surface area contributed by atoms with Gasteiger partial charge in [-0.05, 0) is 50.7 Å². The zero-order chi connectivity index (χ0) is 23.5. The molecule has 0 spiro atoms. The lowest BCUT2D eigenvalue weighted by Gasteiger charge is -2.34. The van der Waals surface area contributed by atoms with Crippen LogP contribution in [-0.4, -0.2) is 55.5 Å². The minimum absolute atomic E-state index is 0.0850. The van der Waals surface area contributed by atoms with Gasteiger partial charge in [-0.15, -0.1) is 0 Å². The highest BCUT2D eigenvalue weighted by molar-refractivity contribution is 7.89. The van der Waals surface area contributed by atoms with Crippen LogP contribution in [0.2, 0.25) is 0 Å². The predicted octanol–water partition coefficient (Wildman–Crippen LogP) is 2.19. The van der Waals surface area contributed by atoms with E-state index in [2.05, 4.69) is 5.32 Å². The SMILES string of the molecule is CC(C)OCCCNC(=O)Cn1c(=O)oc2cc(S(=O)(=O)N3C[C@@H](C)C[C@H](C)C3)ccc21. The number of hydrogen-bond donors (Lipinski definition) is 1. The summed E-state index contributed by atoms with van der Waals surface area (Å²) in [6, 6.07) is 4.36. The number of nitrogens with zero attached hydrogens (tertiary/aromatic N) is 2. The molecular formula is C22H33N3O6S. The summed E-state index contributed by atoms with van der Waals surface area (Å²) in [5.74, 6) is -0.459. The average molecular weight is 468 g/mol. The van der Waals surface area contributed by atoms with E-state index in [1.807, 2.05) is 27.7 Å². The van der Waals surface area contributed by atoms with E-state index in [0.29, 0.717) is 38.2 Å². The van der Waals surface area contributed by atoms with Gasteiger partial charge < -0.3 is 14.5 Å². The molecule has 0 unspecified atom stereocenters. The molecule has 1 fully saturated rings. The number of oxazole rings is 1. The second-order valence-electron chi connectivity index (χ2n) is 8.97. The molecule has 0 bridgehead atoms. The smallest absolute Gasteiger partial charge is 0.408 e. The lowest BCUT2D eigenvalue weighted by molar-refractivity contribution is -0.121. The molecule has 2 heterocycles. The Morgan fingerprint density at radius 3 is 2.59 bits per heavy atom. The summed E-state index contributed by atoms with van der Waals surface area (Å²) < 4.78 is 39.6. The van der Waals surface area contributed by atoms with Crippen molar-refractivity contribution < 1.29 is 22.4 Å². The lowest BCUT2D eigenvalue weighted by atomic mass is 9.94. The first-order valence-corrected chi connectivity index (χ1v) is 12.5. The van der Waals surface area contributed by atoms with Crippen molar-refractivity contribution in [2.75, 3.05) is 26.2 Å². The van der Waals surface area contributed by atoms with E-state index in [4.69, 9.17) is 9.15 Å². The predicted molar refractivity (Wildman–Crippen MR) is 121 cm³/mol. The summed E-state index contributed by atoms with van der Waals surface area (Å²) in [6.07, 6.45) is 1.80. The van der Waals surface area contributed by atoms with E-state index >= 15 is 0 Å². The quantitative estimate of drug-likeness (QED) is 0.566. The van der Waals surface area contributed by atoms with Crippen molar-refractivity contribution in [3.63, 3.8) is 0 Å². The van der Waals surface area contributed by atoms with Gasteiger partial charge >= 0.3 is 5.76 Å². The van der Waals surface area contributed by atoms with Gasteiger partial charge in [0, 0.05) is 32.3 Å². The highest BCUT2D eigenvalue weighted by Gasteiger charge is 2.32. The van der Waals surface area contributed by atoms with Crippen molar-refractivity contribution in [1.29, 1.82) is 0 Å². The highest BCUT2D eigenvalue weighted by Crippen LogP contribution is 2.28. The van der Waals surface area contributed by atoms with Gasteiger partial charge in [0.05, 0.1) is 16.5 Å². The first-order chi connectivity index (χ1) is 15.1. The van der Waals surface area contributed by atoms with Crippen LogP contribution in [0.25, 0.3) is 11.1 Å². The molecule has 2 atom stereocenters. The molecule has 9 nitrogen and oxygen atoms in total. The Bertz CT molecular complexity index is 1090. The summed E-state index contributed by atoms with van der Waals surface area (Å²) in [6.45, 7) is 9.69. The van der Waals surface area contributed by atoms with Crippen LogP contribution in [0, 0.1) is 11.8 Å². The summed E-state index contributed by atoms with van der Waals surface area (Å²) >= 11 is 0. The summed E-state index contributed by atoms with van der Waals surface area (Å²) in [5.41, 5.74) is 0.528. The van der Waals surface area contributed by atoms with Crippen LogP contribution in [0.1, 0.15) is 40.5 Å². The van der Waals surface area contributed by atoms with Gasteiger partial charge in [0.2, 0.25) is 15.9 Å². The molecule has 0 saturated carbocycles. The fourth-order valence-corrected chi connectivity index (χ4v) is 5.82. The molecule has 1 aromatic heterocycles. The third kappa shape index (κ3) is 5.79. The maximum Gasteiger partial charge on any atom is 0.420 e. The van der Waals surface area contributed by atoms with Crippen LogP contribution in [0.5, 0.6) is 0 Å². The monoisotopic (exact) mass is 467 g/mol. The number of ether oxygens (including phenoxy) is 1. The first kappa shape index (κ1) is 24.5. The normalized spacial score (nSPS) is 20.2. The van der Waals surface area contributed by atoms with Crippen LogP contribution in [-0.2, 0) is 26.1 Å². The maximum atomic E-state index is 13.1. The van der Waals surface area contributed by atoms with E-state index in [9.17, 15) is 18.0 Å². The number of rotatable bonds is 9. The van der Waals surface area contributed by atoms with Gasteiger partial charge in [-0.3, -0.25) is 9.36 Å². The van der Waals surface area contributed by atoms with E-state index in [1.54, 1.807) is 0 Å². The zero-order valence-corrected chi connectivity index (χ0v) is 20.0. The molecule has 3 rings (SSSR count). The molecule has 1 amide bonds. The van der Waals surface area contributed by atoms with Crippen LogP contribution in [0.4, 0.5) is 0 Å². The van der Waals surface area contributed by atoms with Crippen molar-refractivity contribution in [2.24, 2.45) is 11.8 Å². The van der Waals surface area contributed by atoms with Crippen LogP contribution in [0.15, 0.2) is 32.3 Å². The van der Waals surface area contributed by atoms with E-state index in [0.717, 1.165) is 6.42 Å². The maximum absolute atomic E-state index is 13.1. The van der Waals surface area contributed by atoms with Crippen LogP contribution < -0.4 is 11.1 Å². The number of sulfonamides is 1. The molecule has 2 aromatic rings. The summed E-state index contributed by atoms with van der Waals surface area (Å²) in [4.78, 5) is 24.6. The summed E-state index contributed by atoms with van der Waals surface area (Å²) in [5, 5.41) is 2.75. The van der Waals surface area contributed by atoms with Crippen molar-refractivity contribution in [3.8, 4) is 0 Å². The molecular weight excluding hydrogens is 434 g/mol. The number of benzene rings is 1. The van der Waals surface area contributed by atoms with Crippen LogP contribution >= 0.6 is 0 Å². The first-order valence-electron chi connectivity index (χ1n) is 11.1. The Labute approximate surface area is 188 Å². The second-order valence-corrected chi connectivity index (χ2v) is 10.9. The topological polar surface area (TPSA) is 111 Å². The Hall–Kier alpha value is -2.17. The van der Waals surface area contributed by atoms with E-state index in [-0.39, 0.29) is 40.9 Å². The molecule has 0 aliphatic carbocycles. The molecule has 0 radical (unpaired) electrons.